The molecule has 2 bridgehead atoms. The number of imidazole rings is 1. The average molecular weight is 511 g/mol. The fraction of sp³-hybridized carbons (Fsp3) is 0.280. The summed E-state index contributed by atoms with van der Waals surface area (Å²) in [6.45, 7) is 1.36. The number of benzene rings is 1. The second-order valence-electron chi connectivity index (χ2n) is 9.27. The van der Waals surface area contributed by atoms with Crippen LogP contribution in [-0.4, -0.2) is 55.9 Å². The minimum absolute atomic E-state index is 0.0557. The minimum atomic E-state index is -4.82. The molecule has 1 amide bonds. The highest BCUT2D eigenvalue weighted by atomic mass is 19.4. The highest BCUT2D eigenvalue weighted by molar-refractivity contribution is 5.95. The maximum atomic E-state index is 13.7. The Bertz CT molecular complexity index is 1490. The average Bonchev–Trinajstić information content (AvgIpc) is 3.43. The van der Waals surface area contributed by atoms with Crippen molar-refractivity contribution in [2.45, 2.75) is 31.1 Å². The van der Waals surface area contributed by atoms with Crippen molar-refractivity contribution in [1.29, 1.82) is 0 Å². The second-order valence-corrected chi connectivity index (χ2v) is 9.27. The van der Waals surface area contributed by atoms with Crippen LogP contribution in [-0.2, 0) is 6.18 Å². The van der Waals surface area contributed by atoms with Gasteiger partial charge in [0.15, 0.2) is 0 Å². The molecule has 0 saturated carbocycles. The smallest absolute Gasteiger partial charge is 0.336 e. The lowest BCUT2D eigenvalue weighted by Gasteiger charge is -2.33. The standard InChI is InChI=1S/C25H21F4N7O/c26-18-4-1-13(7-17(18)25(27,28)29)19-9-20-21(10-31-19)34-24(33-20)35-22-8-14(5-6-30-22)23(37)36-11-15-2-3-16(12-36)32-15/h1,4-10,15-16,32H,2-3,11-12H2,(H2,30,33,34,35)/t15-,16+. The maximum Gasteiger partial charge on any atom is 0.419 e. The van der Waals surface area contributed by atoms with Crippen LogP contribution in [0.5, 0.6) is 0 Å². The summed E-state index contributed by atoms with van der Waals surface area (Å²) in [5.74, 6) is -0.674. The SMILES string of the molecule is O=C(c1ccnc(Nc2nc3cc(-c4ccc(F)c(C(F)(F)F)c4)ncc3[nH]2)c1)N1C[C@H]2CC[C@@H](C1)N2. The van der Waals surface area contributed by atoms with Crippen molar-refractivity contribution in [1.82, 2.24) is 30.2 Å². The van der Waals surface area contributed by atoms with E-state index in [1.807, 2.05) is 4.90 Å². The molecule has 3 N–H and O–H groups in total. The quantitative estimate of drug-likeness (QED) is 0.349. The molecule has 6 rings (SSSR count). The van der Waals surface area contributed by atoms with Crippen molar-refractivity contribution in [2.75, 3.05) is 18.4 Å². The van der Waals surface area contributed by atoms with Gasteiger partial charge in [-0.15, -0.1) is 0 Å². The van der Waals surface area contributed by atoms with Gasteiger partial charge in [0.25, 0.3) is 5.91 Å². The number of H-pyrrole nitrogens is 1. The summed E-state index contributed by atoms with van der Waals surface area (Å²) in [5.41, 5.74) is 0.455. The van der Waals surface area contributed by atoms with Gasteiger partial charge in [0.1, 0.15) is 11.6 Å². The largest absolute Gasteiger partial charge is 0.419 e. The van der Waals surface area contributed by atoms with E-state index in [0.717, 1.165) is 25.0 Å². The Morgan fingerprint density at radius 3 is 2.59 bits per heavy atom. The minimum Gasteiger partial charge on any atom is -0.336 e. The molecular weight excluding hydrogens is 490 g/mol. The Kier molecular flexibility index (Phi) is 5.55. The molecule has 190 valence electrons. The first-order valence-corrected chi connectivity index (χ1v) is 11.7. The lowest BCUT2D eigenvalue weighted by molar-refractivity contribution is -0.139. The highest BCUT2D eigenvalue weighted by Crippen LogP contribution is 2.34. The lowest BCUT2D eigenvalue weighted by atomic mass is 10.1. The van der Waals surface area contributed by atoms with E-state index in [0.29, 0.717) is 53.5 Å². The van der Waals surface area contributed by atoms with Gasteiger partial charge < -0.3 is 20.5 Å². The van der Waals surface area contributed by atoms with E-state index in [9.17, 15) is 22.4 Å². The molecule has 37 heavy (non-hydrogen) atoms. The van der Waals surface area contributed by atoms with Crippen molar-refractivity contribution in [3.8, 4) is 11.3 Å². The number of carbonyl (C=O) groups excluding carboxylic acids is 1. The molecule has 1 aromatic carbocycles. The van der Waals surface area contributed by atoms with Crippen LogP contribution in [0.15, 0.2) is 48.8 Å². The first-order valence-electron chi connectivity index (χ1n) is 11.7. The third kappa shape index (κ3) is 4.59. The zero-order chi connectivity index (χ0) is 25.7. The van der Waals surface area contributed by atoms with Crippen molar-refractivity contribution >= 4 is 28.7 Å². The third-order valence-electron chi connectivity index (χ3n) is 6.69. The number of piperazine rings is 1. The summed E-state index contributed by atoms with van der Waals surface area (Å²) in [6, 6.07) is 8.25. The maximum absolute atomic E-state index is 13.7. The lowest BCUT2D eigenvalue weighted by Crippen LogP contribution is -2.53. The summed E-state index contributed by atoms with van der Waals surface area (Å²) in [7, 11) is 0. The predicted octanol–water partition coefficient (Wildman–Crippen LogP) is 4.50. The van der Waals surface area contributed by atoms with E-state index in [2.05, 4.69) is 30.6 Å². The van der Waals surface area contributed by atoms with Gasteiger partial charge >= 0.3 is 6.18 Å². The van der Waals surface area contributed by atoms with Crippen LogP contribution in [0.25, 0.3) is 22.3 Å². The normalized spacial score (nSPS) is 19.4. The molecule has 2 fully saturated rings. The Morgan fingerprint density at radius 2 is 1.84 bits per heavy atom. The number of anilines is 2. The van der Waals surface area contributed by atoms with Crippen molar-refractivity contribution in [3.05, 3.63) is 65.7 Å². The molecule has 0 radical (unpaired) electrons. The number of likely N-dealkylation sites (tertiary alicyclic amines) is 1. The molecule has 4 aromatic rings. The van der Waals surface area contributed by atoms with Crippen LogP contribution in [0.2, 0.25) is 0 Å². The zero-order valence-electron chi connectivity index (χ0n) is 19.3. The van der Waals surface area contributed by atoms with E-state index in [-0.39, 0.29) is 17.2 Å². The molecule has 5 heterocycles. The summed E-state index contributed by atoms with van der Waals surface area (Å²) in [6.07, 6.45) is 0.309. The van der Waals surface area contributed by atoms with Crippen molar-refractivity contribution < 1.29 is 22.4 Å². The summed E-state index contributed by atoms with van der Waals surface area (Å²) in [5, 5.41) is 6.54. The number of alkyl halides is 3. The number of aromatic amines is 1. The molecule has 2 atom stereocenters. The number of fused-ring (bicyclic) bond motifs is 3. The van der Waals surface area contributed by atoms with Gasteiger partial charge in [-0.2, -0.15) is 13.2 Å². The van der Waals surface area contributed by atoms with E-state index < -0.39 is 17.6 Å². The summed E-state index contributed by atoms with van der Waals surface area (Å²) < 4.78 is 53.0. The van der Waals surface area contributed by atoms with E-state index in [4.69, 9.17) is 0 Å². The van der Waals surface area contributed by atoms with Crippen molar-refractivity contribution in [2.24, 2.45) is 0 Å². The fourth-order valence-electron chi connectivity index (χ4n) is 4.93. The highest BCUT2D eigenvalue weighted by Gasteiger charge is 2.35. The van der Waals surface area contributed by atoms with Crippen LogP contribution in [0.3, 0.4) is 0 Å². The molecule has 2 saturated heterocycles. The van der Waals surface area contributed by atoms with Gasteiger partial charge in [-0.1, -0.05) is 0 Å². The number of carbonyl (C=O) groups is 1. The number of hydrogen-bond donors (Lipinski definition) is 3. The Balaban J connectivity index is 1.22. The number of nitrogens with one attached hydrogen (secondary N) is 3. The van der Waals surface area contributed by atoms with Crippen LogP contribution < -0.4 is 10.6 Å². The monoisotopic (exact) mass is 511 g/mol. The number of halogens is 4. The van der Waals surface area contributed by atoms with Gasteiger partial charge in [0, 0.05) is 42.5 Å². The van der Waals surface area contributed by atoms with E-state index >= 15 is 0 Å². The molecule has 0 unspecified atom stereocenters. The molecule has 8 nitrogen and oxygen atoms in total. The number of pyridine rings is 2. The number of nitrogens with zero attached hydrogens (tertiary/aromatic N) is 4. The number of aromatic nitrogens is 4. The summed E-state index contributed by atoms with van der Waals surface area (Å²) in [4.78, 5) is 30.9. The van der Waals surface area contributed by atoms with Gasteiger partial charge in [0.05, 0.1) is 28.5 Å². The molecule has 2 aliphatic heterocycles. The van der Waals surface area contributed by atoms with Gasteiger partial charge in [-0.25, -0.2) is 14.4 Å². The number of amides is 1. The van der Waals surface area contributed by atoms with Crippen molar-refractivity contribution in [3.63, 3.8) is 0 Å². The van der Waals surface area contributed by atoms with E-state index in [1.165, 1.54) is 18.3 Å². The Morgan fingerprint density at radius 1 is 1.05 bits per heavy atom. The molecule has 0 spiro atoms. The van der Waals surface area contributed by atoms with Gasteiger partial charge in [-0.05, 0) is 49.2 Å². The molecule has 3 aromatic heterocycles. The van der Waals surface area contributed by atoms with Gasteiger partial charge in [-0.3, -0.25) is 9.78 Å². The number of hydrogen-bond acceptors (Lipinski definition) is 6. The second kappa shape index (κ2) is 8.80. The Labute approximate surface area is 208 Å². The first-order chi connectivity index (χ1) is 17.7. The summed E-state index contributed by atoms with van der Waals surface area (Å²) >= 11 is 0. The molecule has 12 heteroatoms. The molecule has 2 aliphatic rings. The Hall–Kier alpha value is -4.06. The van der Waals surface area contributed by atoms with Crippen LogP contribution in [0.4, 0.5) is 29.3 Å². The number of rotatable bonds is 4. The first kappa shape index (κ1) is 23.3. The van der Waals surface area contributed by atoms with Gasteiger partial charge in [0.2, 0.25) is 5.95 Å². The zero-order valence-corrected chi connectivity index (χ0v) is 19.3. The fourth-order valence-corrected chi connectivity index (χ4v) is 4.93. The van der Waals surface area contributed by atoms with E-state index in [1.54, 1.807) is 18.3 Å². The van der Waals surface area contributed by atoms with Crippen LogP contribution in [0.1, 0.15) is 28.8 Å². The molecule has 0 aliphatic carbocycles. The molecular formula is C25H21F4N7O. The van der Waals surface area contributed by atoms with Crippen LogP contribution >= 0.6 is 0 Å². The topological polar surface area (TPSA) is 98.8 Å². The third-order valence-corrected chi connectivity index (χ3v) is 6.69. The van der Waals surface area contributed by atoms with Crippen LogP contribution in [0, 0.1) is 5.82 Å². The predicted molar refractivity (Wildman–Crippen MR) is 128 cm³/mol.